The monoisotopic (exact) mass is 595 g/mol. The minimum Gasteiger partial charge on any atom is -0.464 e. The first kappa shape index (κ1) is 31.6. The van der Waals surface area contributed by atoms with Crippen molar-refractivity contribution in [3.63, 3.8) is 0 Å². The molecule has 0 spiro atoms. The summed E-state index contributed by atoms with van der Waals surface area (Å²) in [5, 5.41) is 15.9. The number of aliphatic hydroxyl groups excluding tert-OH is 1. The Bertz CT molecular complexity index is 1410. The highest BCUT2D eigenvalue weighted by atomic mass is 16.6. The zero-order chi connectivity index (χ0) is 30.6. The molecule has 4 aromatic rings. The minimum absolute atomic E-state index is 0.0514. The van der Waals surface area contributed by atoms with Crippen LogP contribution in [-0.2, 0) is 50.0 Å². The lowest BCUT2D eigenvalue weighted by molar-refractivity contribution is -0.204. The fourth-order valence-electron chi connectivity index (χ4n) is 5.73. The summed E-state index contributed by atoms with van der Waals surface area (Å²) in [7, 11) is 0. The van der Waals surface area contributed by atoms with Gasteiger partial charge in [-0.3, -0.25) is 10.1 Å². The summed E-state index contributed by atoms with van der Waals surface area (Å²) in [6.07, 6.45) is -2.03. The van der Waals surface area contributed by atoms with E-state index in [9.17, 15) is 9.90 Å². The van der Waals surface area contributed by atoms with Crippen molar-refractivity contribution in [2.45, 2.75) is 63.1 Å². The molecule has 1 saturated heterocycles. The Kier molecular flexibility index (Phi) is 11.3. The molecule has 0 unspecified atom stereocenters. The van der Waals surface area contributed by atoms with E-state index in [4.69, 9.17) is 18.9 Å². The number of nitrogens with one attached hydrogen (secondary N) is 1. The van der Waals surface area contributed by atoms with Crippen LogP contribution in [0.5, 0.6) is 0 Å². The molecular formula is C37H41NO6. The molecular weight excluding hydrogens is 554 g/mol. The van der Waals surface area contributed by atoms with Gasteiger partial charge in [0.1, 0.15) is 24.9 Å². The molecule has 230 valence electrons. The molecule has 0 aromatic heterocycles. The van der Waals surface area contributed by atoms with Crippen LogP contribution in [0.4, 0.5) is 0 Å². The molecule has 1 heterocycles. The number of ether oxygens (including phenoxy) is 4. The number of aliphatic hydroxyl groups is 1. The highest BCUT2D eigenvalue weighted by Crippen LogP contribution is 2.33. The van der Waals surface area contributed by atoms with Crippen LogP contribution in [0.15, 0.2) is 121 Å². The Balaban J connectivity index is 1.48. The number of benzene rings is 4. The summed E-state index contributed by atoms with van der Waals surface area (Å²) in [4.78, 5) is 12.1. The molecule has 4 aromatic carbocycles. The number of rotatable bonds is 14. The van der Waals surface area contributed by atoms with Crippen LogP contribution in [-0.4, -0.2) is 54.2 Å². The van der Waals surface area contributed by atoms with Gasteiger partial charge in [-0.1, -0.05) is 121 Å². The zero-order valence-electron chi connectivity index (χ0n) is 25.1. The van der Waals surface area contributed by atoms with E-state index in [1.165, 1.54) is 6.92 Å². The molecule has 5 atom stereocenters. The number of carbonyl (C=O) groups is 1. The number of hydrogen-bond acceptors (Lipinski definition) is 7. The van der Waals surface area contributed by atoms with Crippen LogP contribution in [0.2, 0.25) is 0 Å². The smallest absolute Gasteiger partial charge is 0.302 e. The maximum atomic E-state index is 12.2. The Morgan fingerprint density at radius 2 is 1.14 bits per heavy atom. The van der Waals surface area contributed by atoms with E-state index >= 15 is 0 Å². The van der Waals surface area contributed by atoms with Crippen molar-refractivity contribution in [3.8, 4) is 0 Å². The molecule has 0 amide bonds. The van der Waals surface area contributed by atoms with E-state index in [0.717, 1.165) is 22.3 Å². The molecule has 1 aliphatic heterocycles. The molecule has 5 rings (SSSR count). The van der Waals surface area contributed by atoms with Crippen LogP contribution < -0.4 is 5.32 Å². The average molecular weight is 596 g/mol. The van der Waals surface area contributed by atoms with Gasteiger partial charge in [0.15, 0.2) is 0 Å². The SMILES string of the molecule is CC(=O)OC[C@@]1(Cc2ccccc2)N[C@H](COCc2ccccc2)[C@@H](OCc2ccccc2)[C@H](OCc2ccccc2)[C@H]1O. The second-order valence-corrected chi connectivity index (χ2v) is 11.3. The van der Waals surface area contributed by atoms with Crippen molar-refractivity contribution in [2.75, 3.05) is 13.2 Å². The van der Waals surface area contributed by atoms with E-state index in [0.29, 0.717) is 19.6 Å². The van der Waals surface area contributed by atoms with E-state index in [1.54, 1.807) is 0 Å². The van der Waals surface area contributed by atoms with Gasteiger partial charge >= 0.3 is 5.97 Å². The predicted molar refractivity (Wildman–Crippen MR) is 169 cm³/mol. The second-order valence-electron chi connectivity index (χ2n) is 11.3. The quantitative estimate of drug-likeness (QED) is 0.193. The van der Waals surface area contributed by atoms with Crippen molar-refractivity contribution in [1.82, 2.24) is 5.32 Å². The van der Waals surface area contributed by atoms with Gasteiger partial charge < -0.3 is 24.1 Å². The maximum absolute atomic E-state index is 12.2. The number of esters is 1. The second kappa shape index (κ2) is 15.7. The lowest BCUT2D eigenvalue weighted by atomic mass is 9.76. The van der Waals surface area contributed by atoms with Gasteiger partial charge in [-0.15, -0.1) is 0 Å². The van der Waals surface area contributed by atoms with Crippen LogP contribution in [0, 0.1) is 0 Å². The van der Waals surface area contributed by atoms with Crippen molar-refractivity contribution in [1.29, 1.82) is 0 Å². The molecule has 0 aliphatic carbocycles. The van der Waals surface area contributed by atoms with Crippen LogP contribution in [0.3, 0.4) is 0 Å². The highest BCUT2D eigenvalue weighted by molar-refractivity contribution is 5.66. The van der Waals surface area contributed by atoms with E-state index in [-0.39, 0.29) is 19.8 Å². The standard InChI is InChI=1S/C37H41NO6/c1-28(39)44-27-37(22-29-14-6-2-7-15-29)36(40)35(43-25-32-20-12-5-13-21-32)34(42-24-31-18-10-4-11-19-31)33(38-37)26-41-23-30-16-8-3-9-17-30/h2-21,33-36,38,40H,22-27H2,1H3/t33-,34-,35+,36-,37-/m1/s1. The first-order valence-electron chi connectivity index (χ1n) is 15.1. The van der Waals surface area contributed by atoms with Gasteiger partial charge in [-0.2, -0.15) is 0 Å². The molecule has 1 aliphatic rings. The Hall–Kier alpha value is -3.85. The third-order valence-electron chi connectivity index (χ3n) is 7.95. The lowest BCUT2D eigenvalue weighted by Crippen LogP contribution is -2.76. The van der Waals surface area contributed by atoms with Crippen LogP contribution in [0.25, 0.3) is 0 Å². The Morgan fingerprint density at radius 1 is 0.682 bits per heavy atom. The van der Waals surface area contributed by atoms with E-state index < -0.39 is 35.9 Å². The molecule has 0 bridgehead atoms. The van der Waals surface area contributed by atoms with Gasteiger partial charge in [0.25, 0.3) is 0 Å². The average Bonchev–Trinajstić information content (AvgIpc) is 3.06. The first-order chi connectivity index (χ1) is 21.5. The van der Waals surface area contributed by atoms with Crippen molar-refractivity contribution < 1.29 is 28.8 Å². The highest BCUT2D eigenvalue weighted by Gasteiger charge is 2.54. The molecule has 44 heavy (non-hydrogen) atoms. The van der Waals surface area contributed by atoms with Crippen molar-refractivity contribution in [3.05, 3.63) is 144 Å². The summed E-state index contributed by atoms with van der Waals surface area (Å²) in [6.45, 7) is 2.63. The maximum Gasteiger partial charge on any atom is 0.302 e. The lowest BCUT2D eigenvalue weighted by Gasteiger charge is -2.52. The Morgan fingerprint density at radius 3 is 1.64 bits per heavy atom. The summed E-state index contributed by atoms with van der Waals surface area (Å²) in [6, 6.07) is 39.2. The molecule has 0 radical (unpaired) electrons. The van der Waals surface area contributed by atoms with E-state index in [2.05, 4.69) is 5.32 Å². The first-order valence-corrected chi connectivity index (χ1v) is 15.1. The normalized spacial score (nSPS) is 23.2. The topological polar surface area (TPSA) is 86.3 Å². The molecule has 7 heteroatoms. The zero-order valence-corrected chi connectivity index (χ0v) is 25.1. The number of piperidine rings is 1. The van der Waals surface area contributed by atoms with Gasteiger partial charge in [0.2, 0.25) is 0 Å². The largest absolute Gasteiger partial charge is 0.464 e. The summed E-state index contributed by atoms with van der Waals surface area (Å²) in [5.41, 5.74) is 2.96. The molecule has 7 nitrogen and oxygen atoms in total. The molecule has 0 saturated carbocycles. The number of hydrogen-bond donors (Lipinski definition) is 2. The fraction of sp³-hybridized carbons (Fsp3) is 0.324. The van der Waals surface area contributed by atoms with Crippen molar-refractivity contribution in [2.24, 2.45) is 0 Å². The van der Waals surface area contributed by atoms with Gasteiger partial charge in [-0.25, -0.2) is 0 Å². The third kappa shape index (κ3) is 8.62. The fourth-order valence-corrected chi connectivity index (χ4v) is 5.73. The van der Waals surface area contributed by atoms with Gasteiger partial charge in [0, 0.05) is 6.92 Å². The molecule has 2 N–H and O–H groups in total. The summed E-state index contributed by atoms with van der Waals surface area (Å²) in [5.74, 6) is -0.424. The third-order valence-corrected chi connectivity index (χ3v) is 7.95. The summed E-state index contributed by atoms with van der Waals surface area (Å²) >= 11 is 0. The van der Waals surface area contributed by atoms with Gasteiger partial charge in [0.05, 0.1) is 38.0 Å². The number of carbonyl (C=O) groups excluding carboxylic acids is 1. The minimum atomic E-state index is -1.09. The molecule has 1 fully saturated rings. The Labute approximate surface area is 259 Å². The predicted octanol–water partition coefficient (Wildman–Crippen LogP) is 5.25. The van der Waals surface area contributed by atoms with E-state index in [1.807, 2.05) is 121 Å². The van der Waals surface area contributed by atoms with Gasteiger partial charge in [-0.05, 0) is 28.7 Å². The van der Waals surface area contributed by atoms with Crippen LogP contribution in [0.1, 0.15) is 29.2 Å². The summed E-state index contributed by atoms with van der Waals surface area (Å²) < 4.78 is 25.1. The van der Waals surface area contributed by atoms with Crippen molar-refractivity contribution >= 4 is 5.97 Å². The van der Waals surface area contributed by atoms with Crippen LogP contribution >= 0.6 is 0 Å².